The molecule has 0 radical (unpaired) electrons. The second kappa shape index (κ2) is 9.57. The van der Waals surface area contributed by atoms with Crippen LogP contribution in [0.2, 0.25) is 0 Å². The molecule has 1 aromatic rings. The third-order valence-electron chi connectivity index (χ3n) is 3.70. The van der Waals surface area contributed by atoms with E-state index in [0.29, 0.717) is 31.3 Å². The van der Waals surface area contributed by atoms with Gasteiger partial charge in [-0.3, -0.25) is 4.79 Å². The predicted molar refractivity (Wildman–Crippen MR) is 90.9 cm³/mol. The Bertz CT molecular complexity index is 521. The second-order valence-electron chi connectivity index (χ2n) is 5.33. The smallest absolute Gasteiger partial charge is 0.315 e. The summed E-state index contributed by atoms with van der Waals surface area (Å²) in [6, 6.07) is 10.0. The van der Waals surface area contributed by atoms with Crippen molar-refractivity contribution in [2.75, 3.05) is 19.0 Å². The lowest BCUT2D eigenvalue weighted by Crippen LogP contribution is -2.28. The van der Waals surface area contributed by atoms with E-state index in [-0.39, 0.29) is 11.2 Å². The highest BCUT2D eigenvalue weighted by molar-refractivity contribution is 8.01. The van der Waals surface area contributed by atoms with E-state index < -0.39 is 5.92 Å². The van der Waals surface area contributed by atoms with Gasteiger partial charge in [0.25, 0.3) is 0 Å². The molecule has 6 heteroatoms. The first-order valence-corrected chi connectivity index (χ1v) is 8.92. The molecule has 1 aromatic carbocycles. The Balaban J connectivity index is 1.70. The van der Waals surface area contributed by atoms with Gasteiger partial charge in [-0.25, -0.2) is 0 Å². The van der Waals surface area contributed by atoms with Crippen LogP contribution in [0.25, 0.3) is 0 Å². The van der Waals surface area contributed by atoms with Crippen LogP contribution in [0.5, 0.6) is 0 Å². The highest BCUT2D eigenvalue weighted by atomic mass is 32.2. The number of hydrogen-bond donors (Lipinski definition) is 1. The van der Waals surface area contributed by atoms with Crippen molar-refractivity contribution in [3.05, 3.63) is 35.9 Å². The van der Waals surface area contributed by atoms with E-state index in [4.69, 9.17) is 9.47 Å². The number of esters is 1. The zero-order valence-electron chi connectivity index (χ0n) is 13.3. The number of rotatable bonds is 8. The predicted octanol–water partition coefficient (Wildman–Crippen LogP) is 3.11. The van der Waals surface area contributed by atoms with Crippen molar-refractivity contribution in [3.8, 4) is 0 Å². The molecule has 1 N–H and O–H groups in total. The number of carbonyl (C=O) groups is 1. The summed E-state index contributed by atoms with van der Waals surface area (Å²) >= 11 is 1.64. The van der Waals surface area contributed by atoms with Crippen molar-refractivity contribution < 1.29 is 19.5 Å². The minimum Gasteiger partial charge on any atom is -0.465 e. The van der Waals surface area contributed by atoms with E-state index in [1.165, 1.54) is 0 Å². The van der Waals surface area contributed by atoms with Crippen molar-refractivity contribution in [2.24, 2.45) is 11.1 Å². The summed E-state index contributed by atoms with van der Waals surface area (Å²) in [6.07, 6.45) is 1.69. The molecule has 1 saturated heterocycles. The van der Waals surface area contributed by atoms with Crippen LogP contribution in [0, 0.1) is 5.92 Å². The fraction of sp³-hybridized carbons (Fsp3) is 0.529. The first kappa shape index (κ1) is 17.8. The molecule has 0 amide bonds. The van der Waals surface area contributed by atoms with Crippen LogP contribution in [0.3, 0.4) is 0 Å². The average Bonchev–Trinajstić information content (AvgIpc) is 2.98. The summed E-state index contributed by atoms with van der Waals surface area (Å²) in [5.41, 5.74) is 1.69. The Morgan fingerprint density at radius 3 is 2.87 bits per heavy atom. The van der Waals surface area contributed by atoms with Gasteiger partial charge in [0.2, 0.25) is 0 Å². The lowest BCUT2D eigenvalue weighted by molar-refractivity contribution is -0.144. The largest absolute Gasteiger partial charge is 0.465 e. The molecule has 23 heavy (non-hydrogen) atoms. The van der Waals surface area contributed by atoms with Gasteiger partial charge in [-0.2, -0.15) is 11.8 Å². The standard InChI is InChI=1S/C17H23NO4S/c1-2-22-17(19)14-12-23-15(16(14)18-20)9-6-10-21-11-13-7-4-3-5-8-13/h3-5,7-8,14-15,20H,2,6,9-12H2,1H3/b18-16+. The van der Waals surface area contributed by atoms with Gasteiger partial charge in [0, 0.05) is 17.6 Å². The number of thioether (sulfide) groups is 1. The van der Waals surface area contributed by atoms with Gasteiger partial charge >= 0.3 is 5.97 Å². The van der Waals surface area contributed by atoms with Crippen LogP contribution in [-0.4, -0.2) is 41.1 Å². The zero-order chi connectivity index (χ0) is 16.5. The highest BCUT2D eigenvalue weighted by Gasteiger charge is 2.38. The molecular formula is C17H23NO4S. The molecule has 1 fully saturated rings. The van der Waals surface area contributed by atoms with Gasteiger partial charge in [0.05, 0.1) is 18.9 Å². The van der Waals surface area contributed by atoms with Crippen LogP contribution in [0.1, 0.15) is 25.3 Å². The first-order chi connectivity index (χ1) is 11.3. The number of oxime groups is 1. The van der Waals surface area contributed by atoms with E-state index in [2.05, 4.69) is 5.16 Å². The fourth-order valence-corrected chi connectivity index (χ4v) is 3.99. The Kier molecular flexibility index (Phi) is 7.42. The molecule has 1 aliphatic heterocycles. The molecule has 0 saturated carbocycles. The van der Waals surface area contributed by atoms with Crippen LogP contribution >= 0.6 is 11.8 Å². The van der Waals surface area contributed by atoms with Crippen molar-refractivity contribution in [1.29, 1.82) is 0 Å². The molecule has 0 aliphatic carbocycles. The minimum absolute atomic E-state index is 0.0646. The fourth-order valence-electron chi connectivity index (χ4n) is 2.54. The van der Waals surface area contributed by atoms with Crippen molar-refractivity contribution >= 4 is 23.4 Å². The third kappa shape index (κ3) is 5.25. The minimum atomic E-state index is -0.416. The second-order valence-corrected chi connectivity index (χ2v) is 6.57. The molecular weight excluding hydrogens is 314 g/mol. The molecule has 126 valence electrons. The van der Waals surface area contributed by atoms with Gasteiger partial charge in [-0.1, -0.05) is 35.5 Å². The van der Waals surface area contributed by atoms with Gasteiger partial charge < -0.3 is 14.7 Å². The van der Waals surface area contributed by atoms with E-state index >= 15 is 0 Å². The molecule has 1 heterocycles. The van der Waals surface area contributed by atoms with Gasteiger partial charge in [-0.15, -0.1) is 0 Å². The van der Waals surface area contributed by atoms with Gasteiger partial charge in [0.1, 0.15) is 5.92 Å². The van der Waals surface area contributed by atoms with Gasteiger partial charge in [0.15, 0.2) is 0 Å². The van der Waals surface area contributed by atoms with E-state index in [0.717, 1.165) is 18.4 Å². The summed E-state index contributed by atoms with van der Waals surface area (Å²) in [5.74, 6) is -0.0934. The quantitative estimate of drug-likeness (QED) is 0.342. The molecule has 0 bridgehead atoms. The molecule has 2 unspecified atom stereocenters. The molecule has 2 rings (SSSR count). The number of hydrogen-bond acceptors (Lipinski definition) is 6. The maximum atomic E-state index is 11.8. The summed E-state index contributed by atoms with van der Waals surface area (Å²) in [5, 5.41) is 12.6. The molecule has 2 atom stereocenters. The Morgan fingerprint density at radius 1 is 1.39 bits per heavy atom. The summed E-state index contributed by atoms with van der Waals surface area (Å²) in [7, 11) is 0. The van der Waals surface area contributed by atoms with E-state index in [1.54, 1.807) is 18.7 Å². The third-order valence-corrected chi connectivity index (χ3v) is 5.11. The number of nitrogens with zero attached hydrogens (tertiary/aromatic N) is 1. The summed E-state index contributed by atoms with van der Waals surface area (Å²) < 4.78 is 10.7. The summed E-state index contributed by atoms with van der Waals surface area (Å²) in [4.78, 5) is 11.8. The molecule has 0 aromatic heterocycles. The van der Waals surface area contributed by atoms with Crippen LogP contribution in [0.15, 0.2) is 35.5 Å². The van der Waals surface area contributed by atoms with Crippen LogP contribution in [-0.2, 0) is 20.9 Å². The molecule has 0 spiro atoms. The number of ether oxygens (including phenoxy) is 2. The highest BCUT2D eigenvalue weighted by Crippen LogP contribution is 2.33. The van der Waals surface area contributed by atoms with Crippen molar-refractivity contribution in [2.45, 2.75) is 31.6 Å². The normalized spacial score (nSPS) is 22.4. The average molecular weight is 337 g/mol. The van der Waals surface area contributed by atoms with Gasteiger partial charge in [-0.05, 0) is 25.3 Å². The monoisotopic (exact) mass is 337 g/mol. The van der Waals surface area contributed by atoms with Crippen LogP contribution < -0.4 is 0 Å². The number of carbonyl (C=O) groups excluding carboxylic acids is 1. The van der Waals surface area contributed by atoms with Crippen molar-refractivity contribution in [3.63, 3.8) is 0 Å². The van der Waals surface area contributed by atoms with E-state index in [9.17, 15) is 10.0 Å². The first-order valence-electron chi connectivity index (χ1n) is 7.88. The Hall–Kier alpha value is -1.53. The lowest BCUT2D eigenvalue weighted by atomic mass is 10.0. The molecule has 1 aliphatic rings. The Labute approximate surface area is 141 Å². The maximum absolute atomic E-state index is 11.8. The lowest BCUT2D eigenvalue weighted by Gasteiger charge is -2.12. The topological polar surface area (TPSA) is 68.1 Å². The SMILES string of the molecule is CCOC(=O)C1CSC(CCCOCc2ccccc2)/C1=N/O. The Morgan fingerprint density at radius 2 is 2.17 bits per heavy atom. The molecule has 5 nitrogen and oxygen atoms in total. The van der Waals surface area contributed by atoms with Crippen molar-refractivity contribution in [1.82, 2.24) is 0 Å². The zero-order valence-corrected chi connectivity index (χ0v) is 14.1. The van der Waals surface area contributed by atoms with Crippen LogP contribution in [0.4, 0.5) is 0 Å². The number of benzene rings is 1. The maximum Gasteiger partial charge on any atom is 0.315 e. The summed E-state index contributed by atoms with van der Waals surface area (Å²) in [6.45, 7) is 3.37. The van der Waals surface area contributed by atoms with E-state index in [1.807, 2.05) is 30.3 Å².